The first-order chi connectivity index (χ1) is 16.9. The monoisotopic (exact) mass is 485 g/mol. The summed E-state index contributed by atoms with van der Waals surface area (Å²) in [6.45, 7) is 5.49. The standard InChI is InChI=1S/C26H39N5O4/c1-4-25(2,18-34-3)17-27-23(33)26(13-9-6-10-14-26)35-16-20-15-21(32)31-24(28-20)29-22(30-31)19-11-7-5-8-12-19/h5,7-8,11,15,19,24,28H,4,6,9-10,12-14,16-18H2,1-3H3,(H,27,33)(H,29,30). The molecule has 2 amide bonds. The second-order valence-electron chi connectivity index (χ2n) is 10.3. The molecule has 2 heterocycles. The molecule has 9 nitrogen and oxygen atoms in total. The van der Waals surface area contributed by atoms with Crippen molar-refractivity contribution >= 4 is 17.6 Å². The highest BCUT2D eigenvalue weighted by Crippen LogP contribution is 2.33. The molecular weight excluding hydrogens is 446 g/mol. The molecule has 3 unspecified atom stereocenters. The van der Waals surface area contributed by atoms with Crippen LogP contribution in [0.2, 0.25) is 0 Å². The van der Waals surface area contributed by atoms with Gasteiger partial charge in [-0.2, -0.15) is 0 Å². The lowest BCUT2D eigenvalue weighted by Gasteiger charge is -2.38. The predicted octanol–water partition coefficient (Wildman–Crippen LogP) is 2.53. The minimum Gasteiger partial charge on any atom is -0.384 e. The van der Waals surface area contributed by atoms with Crippen molar-refractivity contribution in [3.05, 3.63) is 36.1 Å². The van der Waals surface area contributed by atoms with Gasteiger partial charge in [0.05, 0.1) is 13.2 Å². The summed E-state index contributed by atoms with van der Waals surface area (Å²) in [4.78, 5) is 30.9. The van der Waals surface area contributed by atoms with E-state index in [1.165, 1.54) is 11.1 Å². The maximum absolute atomic E-state index is 13.4. The van der Waals surface area contributed by atoms with Crippen molar-refractivity contribution in [3.63, 3.8) is 0 Å². The molecule has 3 atom stereocenters. The summed E-state index contributed by atoms with van der Waals surface area (Å²) in [6.07, 6.45) is 15.3. The Bertz CT molecular complexity index is 921. The molecule has 1 fully saturated rings. The Hall–Kier alpha value is -2.65. The molecule has 35 heavy (non-hydrogen) atoms. The average molecular weight is 486 g/mol. The number of aliphatic imine (C=N–C) groups is 1. The number of amides is 2. The molecule has 0 aromatic heterocycles. The van der Waals surface area contributed by atoms with Crippen LogP contribution in [0.15, 0.2) is 41.1 Å². The van der Waals surface area contributed by atoms with E-state index in [4.69, 9.17) is 14.5 Å². The molecule has 0 bridgehead atoms. The zero-order valence-electron chi connectivity index (χ0n) is 21.1. The third-order valence-corrected chi connectivity index (χ3v) is 7.52. The topological polar surface area (TPSA) is 104 Å². The van der Waals surface area contributed by atoms with Crippen LogP contribution in [-0.2, 0) is 19.1 Å². The smallest absolute Gasteiger partial charge is 0.270 e. The highest BCUT2D eigenvalue weighted by Gasteiger charge is 2.42. The largest absolute Gasteiger partial charge is 0.384 e. The van der Waals surface area contributed by atoms with E-state index in [2.05, 4.69) is 42.1 Å². The zero-order chi connectivity index (χ0) is 24.9. The van der Waals surface area contributed by atoms with Gasteiger partial charge in [0.1, 0.15) is 11.4 Å². The molecule has 3 N–H and O–H groups in total. The highest BCUT2D eigenvalue weighted by molar-refractivity contribution is 5.96. The van der Waals surface area contributed by atoms with Crippen molar-refractivity contribution in [3.8, 4) is 0 Å². The van der Waals surface area contributed by atoms with E-state index in [9.17, 15) is 9.59 Å². The van der Waals surface area contributed by atoms with E-state index in [-0.39, 0.29) is 29.8 Å². The second kappa shape index (κ2) is 11.0. The fraction of sp³-hybridized carbons (Fsp3) is 0.654. The lowest BCUT2D eigenvalue weighted by molar-refractivity contribution is -0.151. The van der Waals surface area contributed by atoms with E-state index < -0.39 is 11.9 Å². The van der Waals surface area contributed by atoms with E-state index in [1.54, 1.807) is 7.11 Å². The number of allylic oxidation sites excluding steroid dienone is 3. The predicted molar refractivity (Wildman–Crippen MR) is 134 cm³/mol. The molecule has 1 saturated carbocycles. The number of ether oxygens (including phenoxy) is 2. The van der Waals surface area contributed by atoms with Crippen molar-refractivity contribution in [2.24, 2.45) is 16.3 Å². The van der Waals surface area contributed by atoms with Crippen LogP contribution in [0.25, 0.3) is 0 Å². The van der Waals surface area contributed by atoms with Gasteiger partial charge in [-0.05, 0) is 25.7 Å². The maximum atomic E-state index is 13.4. The van der Waals surface area contributed by atoms with E-state index in [1.807, 2.05) is 12.2 Å². The molecular formula is C26H39N5O4. The van der Waals surface area contributed by atoms with Crippen molar-refractivity contribution in [1.29, 1.82) is 0 Å². The number of hydrogen-bond donors (Lipinski definition) is 3. The number of hydrazine groups is 1. The lowest BCUT2D eigenvalue weighted by atomic mass is 9.83. The second-order valence-corrected chi connectivity index (χ2v) is 10.3. The van der Waals surface area contributed by atoms with Gasteiger partial charge >= 0.3 is 0 Å². The van der Waals surface area contributed by atoms with Crippen LogP contribution in [0.3, 0.4) is 0 Å². The Labute approximate surface area is 208 Å². The van der Waals surface area contributed by atoms with E-state index in [0.717, 1.165) is 37.9 Å². The third kappa shape index (κ3) is 5.78. The molecule has 0 spiro atoms. The summed E-state index contributed by atoms with van der Waals surface area (Å²) < 4.78 is 11.7. The molecule has 2 aliphatic carbocycles. The molecule has 2 aliphatic heterocycles. The van der Waals surface area contributed by atoms with Crippen LogP contribution in [0, 0.1) is 11.3 Å². The molecule has 4 aliphatic rings. The van der Waals surface area contributed by atoms with Crippen LogP contribution in [0.4, 0.5) is 0 Å². The van der Waals surface area contributed by atoms with Crippen molar-refractivity contribution in [2.45, 2.75) is 70.7 Å². The SMILES string of the molecule is CCC(C)(CNC(=O)C1(OCC2=CC(=O)N3NC(C4C=CC=CC4)=NC3N2)CCCCC1)COC. The number of hydrogen-bond acceptors (Lipinski definition) is 7. The zero-order valence-corrected chi connectivity index (χ0v) is 21.1. The molecule has 0 saturated heterocycles. The first kappa shape index (κ1) is 25.4. The quantitative estimate of drug-likeness (QED) is 0.439. The van der Waals surface area contributed by atoms with Crippen LogP contribution in [0.5, 0.6) is 0 Å². The van der Waals surface area contributed by atoms with Gasteiger partial charge in [0.25, 0.3) is 11.8 Å². The Kier molecular flexibility index (Phi) is 7.96. The van der Waals surface area contributed by atoms with Crippen LogP contribution >= 0.6 is 0 Å². The number of nitrogens with one attached hydrogen (secondary N) is 3. The summed E-state index contributed by atoms with van der Waals surface area (Å²) in [7, 11) is 1.69. The number of rotatable bonds is 10. The molecule has 0 aromatic carbocycles. The Morgan fingerprint density at radius 1 is 1.31 bits per heavy atom. The highest BCUT2D eigenvalue weighted by atomic mass is 16.5. The van der Waals surface area contributed by atoms with Crippen molar-refractivity contribution in [2.75, 3.05) is 26.9 Å². The number of fused-ring (bicyclic) bond motifs is 1. The van der Waals surface area contributed by atoms with Gasteiger partial charge in [-0.15, -0.1) is 0 Å². The third-order valence-electron chi connectivity index (χ3n) is 7.52. The maximum Gasteiger partial charge on any atom is 0.270 e. The van der Waals surface area contributed by atoms with Crippen LogP contribution < -0.4 is 16.1 Å². The first-order valence-electron chi connectivity index (χ1n) is 12.8. The molecule has 192 valence electrons. The van der Waals surface area contributed by atoms with Gasteiger partial charge in [0.15, 0.2) is 0 Å². The minimum absolute atomic E-state index is 0.0719. The average Bonchev–Trinajstić information content (AvgIpc) is 3.32. The minimum atomic E-state index is -0.885. The van der Waals surface area contributed by atoms with Gasteiger partial charge in [-0.3, -0.25) is 15.0 Å². The number of nitrogens with zero attached hydrogens (tertiary/aromatic N) is 2. The molecule has 4 rings (SSSR count). The normalized spacial score (nSPS) is 26.7. The number of carbonyl (C=O) groups excluding carboxylic acids is 2. The van der Waals surface area contributed by atoms with E-state index in [0.29, 0.717) is 31.7 Å². The summed E-state index contributed by atoms with van der Waals surface area (Å²) in [5.74, 6) is 0.644. The number of methoxy groups -OCH3 is 1. The summed E-state index contributed by atoms with van der Waals surface area (Å²) in [5.41, 5.74) is 2.76. The lowest BCUT2D eigenvalue weighted by Crippen LogP contribution is -2.55. The Morgan fingerprint density at radius 3 is 2.80 bits per heavy atom. The summed E-state index contributed by atoms with van der Waals surface area (Å²) >= 11 is 0. The van der Waals surface area contributed by atoms with Crippen LogP contribution in [-0.4, -0.2) is 61.4 Å². The first-order valence-corrected chi connectivity index (χ1v) is 12.8. The van der Waals surface area contributed by atoms with Crippen molar-refractivity contribution < 1.29 is 19.1 Å². The van der Waals surface area contributed by atoms with Gasteiger partial charge in [-0.1, -0.05) is 57.4 Å². The summed E-state index contributed by atoms with van der Waals surface area (Å²) in [5, 5.41) is 7.93. The van der Waals surface area contributed by atoms with Gasteiger partial charge in [0.2, 0.25) is 6.29 Å². The van der Waals surface area contributed by atoms with Gasteiger partial charge < -0.3 is 20.1 Å². The van der Waals surface area contributed by atoms with E-state index >= 15 is 0 Å². The Balaban J connectivity index is 1.39. The Morgan fingerprint density at radius 2 is 2.11 bits per heavy atom. The molecule has 0 aromatic rings. The number of carbonyl (C=O) groups is 2. The van der Waals surface area contributed by atoms with Crippen molar-refractivity contribution in [1.82, 2.24) is 21.1 Å². The fourth-order valence-corrected chi connectivity index (χ4v) is 5.00. The number of amidine groups is 1. The summed E-state index contributed by atoms with van der Waals surface area (Å²) in [6, 6.07) is 0. The van der Waals surface area contributed by atoms with Crippen LogP contribution in [0.1, 0.15) is 58.8 Å². The molecule has 9 heteroatoms. The molecule has 0 radical (unpaired) electrons. The van der Waals surface area contributed by atoms with Gasteiger partial charge in [0, 0.05) is 36.8 Å². The van der Waals surface area contributed by atoms with Gasteiger partial charge in [-0.25, -0.2) is 10.0 Å². The fourth-order valence-electron chi connectivity index (χ4n) is 5.00.